The van der Waals surface area contributed by atoms with Crippen LogP contribution >= 0.6 is 0 Å². The van der Waals surface area contributed by atoms with Gasteiger partial charge in [0.25, 0.3) is 0 Å². The third kappa shape index (κ3) is 3.73. The Balaban J connectivity index is 2.20. The van der Waals surface area contributed by atoms with Crippen LogP contribution in [0.5, 0.6) is 0 Å². The van der Waals surface area contributed by atoms with Crippen molar-refractivity contribution in [1.29, 1.82) is 0 Å². The highest BCUT2D eigenvalue weighted by atomic mass is 32.2. The van der Waals surface area contributed by atoms with Gasteiger partial charge >= 0.3 is 5.97 Å². The molecule has 3 aromatic rings. The van der Waals surface area contributed by atoms with Crippen LogP contribution in [-0.4, -0.2) is 31.8 Å². The molecule has 0 fully saturated rings. The zero-order valence-electron chi connectivity index (χ0n) is 15.3. The molecule has 0 atom stereocenters. The van der Waals surface area contributed by atoms with Crippen LogP contribution in [0.25, 0.3) is 10.9 Å². The smallest absolute Gasteiger partial charge is 0.338 e. The molecule has 1 heterocycles. The van der Waals surface area contributed by atoms with Gasteiger partial charge in [-0.05, 0) is 49.7 Å². The first kappa shape index (κ1) is 19.1. The van der Waals surface area contributed by atoms with Crippen LogP contribution in [0, 0.1) is 12.7 Å². The summed E-state index contributed by atoms with van der Waals surface area (Å²) in [5.74, 6) is -0.827. The summed E-state index contributed by atoms with van der Waals surface area (Å²) in [7, 11) is -3.53. The molecule has 5 nitrogen and oxygen atoms in total. The fourth-order valence-electron chi connectivity index (χ4n) is 3.24. The zero-order chi connectivity index (χ0) is 19.8. The van der Waals surface area contributed by atoms with Crippen LogP contribution in [0.2, 0.25) is 0 Å². The average Bonchev–Trinajstić information content (AvgIpc) is 2.88. The van der Waals surface area contributed by atoms with E-state index in [1.54, 1.807) is 44.2 Å². The number of carbonyl (C=O) groups excluding carboxylic acids is 1. The Labute approximate surface area is 157 Å². The first-order chi connectivity index (χ1) is 12.7. The maximum Gasteiger partial charge on any atom is 0.338 e. The Kier molecular flexibility index (Phi) is 5.06. The Hall–Kier alpha value is -2.67. The number of fused-ring (bicyclic) bond motifs is 1. The SMILES string of the molecule is CCOC(=O)c1ccc2c(c1)c(S(C)(=O)=O)c(C)n2Cc1ccc(F)cc1. The van der Waals surface area contributed by atoms with Gasteiger partial charge in [-0.15, -0.1) is 0 Å². The highest BCUT2D eigenvalue weighted by Gasteiger charge is 2.23. The topological polar surface area (TPSA) is 65.4 Å². The molecular formula is C20H20FNO4S. The maximum atomic E-state index is 13.2. The van der Waals surface area contributed by atoms with E-state index < -0.39 is 15.8 Å². The van der Waals surface area contributed by atoms with Crippen molar-refractivity contribution in [3.8, 4) is 0 Å². The molecule has 142 valence electrons. The van der Waals surface area contributed by atoms with Crippen LogP contribution in [0.4, 0.5) is 4.39 Å². The van der Waals surface area contributed by atoms with Crippen molar-refractivity contribution in [2.45, 2.75) is 25.3 Å². The van der Waals surface area contributed by atoms with E-state index in [0.717, 1.165) is 11.8 Å². The predicted molar refractivity (Wildman–Crippen MR) is 101 cm³/mol. The van der Waals surface area contributed by atoms with Crippen molar-refractivity contribution < 1.29 is 22.3 Å². The van der Waals surface area contributed by atoms with Gasteiger partial charge in [0.15, 0.2) is 9.84 Å². The van der Waals surface area contributed by atoms with Gasteiger partial charge in [0, 0.05) is 29.4 Å². The molecule has 0 bridgehead atoms. The molecule has 0 aliphatic heterocycles. The van der Waals surface area contributed by atoms with Gasteiger partial charge in [-0.1, -0.05) is 12.1 Å². The number of hydrogen-bond donors (Lipinski definition) is 0. The number of ether oxygens (including phenoxy) is 1. The molecule has 0 aliphatic rings. The second-order valence-corrected chi connectivity index (χ2v) is 8.30. The lowest BCUT2D eigenvalue weighted by molar-refractivity contribution is 0.0526. The van der Waals surface area contributed by atoms with Crippen LogP contribution in [0.3, 0.4) is 0 Å². The Bertz CT molecular complexity index is 1120. The number of aromatic nitrogens is 1. The second-order valence-electron chi connectivity index (χ2n) is 6.35. The summed E-state index contributed by atoms with van der Waals surface area (Å²) in [5, 5.41) is 0.475. The monoisotopic (exact) mass is 389 g/mol. The van der Waals surface area contributed by atoms with Gasteiger partial charge in [-0.2, -0.15) is 0 Å². The van der Waals surface area contributed by atoms with E-state index in [1.165, 1.54) is 12.1 Å². The van der Waals surface area contributed by atoms with Gasteiger partial charge in [0.05, 0.1) is 17.1 Å². The van der Waals surface area contributed by atoms with Crippen LogP contribution in [0.15, 0.2) is 47.4 Å². The van der Waals surface area contributed by atoms with Crippen molar-refractivity contribution in [2.24, 2.45) is 0 Å². The summed E-state index contributed by atoms with van der Waals surface area (Å²) in [6, 6.07) is 10.9. The molecule has 0 N–H and O–H groups in total. The highest BCUT2D eigenvalue weighted by Crippen LogP contribution is 2.31. The van der Waals surface area contributed by atoms with Crippen molar-refractivity contribution in [1.82, 2.24) is 4.57 Å². The summed E-state index contributed by atoms with van der Waals surface area (Å²) in [6.45, 7) is 4.06. The molecule has 0 amide bonds. The molecule has 0 radical (unpaired) electrons. The molecule has 0 aliphatic carbocycles. The number of esters is 1. The fraction of sp³-hybridized carbons (Fsp3) is 0.250. The fourth-order valence-corrected chi connectivity index (χ4v) is 4.45. The van der Waals surface area contributed by atoms with Gasteiger partial charge in [-0.3, -0.25) is 0 Å². The molecule has 7 heteroatoms. The van der Waals surface area contributed by atoms with E-state index in [4.69, 9.17) is 4.74 Å². The number of benzene rings is 2. The van der Waals surface area contributed by atoms with E-state index in [9.17, 15) is 17.6 Å². The Morgan fingerprint density at radius 2 is 1.81 bits per heavy atom. The summed E-state index contributed by atoms with van der Waals surface area (Å²) in [5.41, 5.74) is 2.39. The predicted octanol–water partition coefficient (Wildman–Crippen LogP) is 3.72. The molecule has 27 heavy (non-hydrogen) atoms. The quantitative estimate of drug-likeness (QED) is 0.624. The summed E-state index contributed by atoms with van der Waals surface area (Å²) < 4.78 is 44.9. The van der Waals surface area contributed by atoms with E-state index >= 15 is 0 Å². The number of sulfone groups is 1. The zero-order valence-corrected chi connectivity index (χ0v) is 16.1. The third-order valence-electron chi connectivity index (χ3n) is 4.40. The maximum absolute atomic E-state index is 13.2. The largest absolute Gasteiger partial charge is 0.462 e. The first-order valence-corrected chi connectivity index (χ1v) is 10.4. The van der Waals surface area contributed by atoms with E-state index in [2.05, 4.69) is 0 Å². The molecule has 2 aromatic carbocycles. The van der Waals surface area contributed by atoms with Crippen molar-refractivity contribution in [3.63, 3.8) is 0 Å². The number of carbonyl (C=O) groups is 1. The van der Waals surface area contributed by atoms with Crippen molar-refractivity contribution in [2.75, 3.05) is 12.9 Å². The number of halogens is 1. The minimum atomic E-state index is -3.53. The summed E-state index contributed by atoms with van der Waals surface area (Å²) >= 11 is 0. The van der Waals surface area contributed by atoms with Crippen molar-refractivity contribution in [3.05, 3.63) is 65.1 Å². The minimum Gasteiger partial charge on any atom is -0.462 e. The van der Waals surface area contributed by atoms with E-state index in [0.29, 0.717) is 28.7 Å². The first-order valence-electron chi connectivity index (χ1n) is 8.47. The molecular weight excluding hydrogens is 369 g/mol. The normalized spacial score (nSPS) is 11.7. The highest BCUT2D eigenvalue weighted by molar-refractivity contribution is 7.91. The minimum absolute atomic E-state index is 0.186. The lowest BCUT2D eigenvalue weighted by Crippen LogP contribution is -2.05. The summed E-state index contributed by atoms with van der Waals surface area (Å²) in [4.78, 5) is 12.2. The van der Waals surface area contributed by atoms with Gasteiger partial charge in [0.1, 0.15) is 5.82 Å². The van der Waals surface area contributed by atoms with Crippen LogP contribution < -0.4 is 0 Å². The lowest BCUT2D eigenvalue weighted by Gasteiger charge is -2.09. The molecule has 0 saturated heterocycles. The van der Waals surface area contributed by atoms with Gasteiger partial charge < -0.3 is 9.30 Å². The molecule has 1 aromatic heterocycles. The summed E-state index contributed by atoms with van der Waals surface area (Å²) in [6.07, 6.45) is 1.15. The van der Waals surface area contributed by atoms with Crippen LogP contribution in [-0.2, 0) is 21.1 Å². The van der Waals surface area contributed by atoms with Crippen LogP contribution in [0.1, 0.15) is 28.5 Å². The van der Waals surface area contributed by atoms with Gasteiger partial charge in [0.2, 0.25) is 0 Å². The number of hydrogen-bond acceptors (Lipinski definition) is 4. The molecule has 3 rings (SSSR count). The Morgan fingerprint density at radius 1 is 1.15 bits per heavy atom. The second kappa shape index (κ2) is 7.15. The number of rotatable bonds is 5. The van der Waals surface area contributed by atoms with Gasteiger partial charge in [-0.25, -0.2) is 17.6 Å². The molecule has 0 spiro atoms. The van der Waals surface area contributed by atoms with E-state index in [1.807, 2.05) is 4.57 Å². The van der Waals surface area contributed by atoms with E-state index in [-0.39, 0.29) is 17.3 Å². The standard InChI is InChI=1S/C20H20FNO4S/c1-4-26-20(23)15-7-10-18-17(11-15)19(27(3,24)25)13(2)22(18)12-14-5-8-16(21)9-6-14/h5-11H,4,12H2,1-3H3. The molecule has 0 unspecified atom stereocenters. The molecule has 0 saturated carbocycles. The number of nitrogens with zero attached hydrogens (tertiary/aromatic N) is 1. The average molecular weight is 389 g/mol. The third-order valence-corrected chi connectivity index (χ3v) is 5.66. The van der Waals surface area contributed by atoms with Crippen molar-refractivity contribution >= 4 is 26.7 Å². The Morgan fingerprint density at radius 3 is 2.41 bits per heavy atom. The lowest BCUT2D eigenvalue weighted by atomic mass is 10.1.